The molecule has 3 N–H and O–H groups in total. The molecular formula is C35H46F6N2O7. The molecule has 4 rings (SSSR count). The predicted octanol–water partition coefficient (Wildman–Crippen LogP) is 6.96. The summed E-state index contributed by atoms with van der Waals surface area (Å²) in [7, 11) is 1.18. The summed E-state index contributed by atoms with van der Waals surface area (Å²) in [6.07, 6.45) is 8.40. The molecule has 0 radical (unpaired) electrons. The largest absolute Gasteiger partial charge is 0.469 e. The van der Waals surface area contributed by atoms with Gasteiger partial charge in [-0.2, -0.15) is 0 Å². The van der Waals surface area contributed by atoms with E-state index in [2.05, 4.69) is 4.74 Å². The molecule has 2 heterocycles. The van der Waals surface area contributed by atoms with Crippen LogP contribution in [0.4, 0.5) is 26.3 Å². The zero-order chi connectivity index (χ0) is 36.5. The van der Waals surface area contributed by atoms with Crippen LogP contribution in [0.5, 0.6) is 0 Å². The fraction of sp³-hybridized carbons (Fsp3) is 0.600. The highest BCUT2D eigenvalue weighted by atomic mass is 19.2. The standard InChI is InChI=1S/C18H23F3O4.C17H23F3N2O3/c1-23-18(22)13(12-8-9-14(19)17(21)16(12)20)6-2-4-10-24-15-7-3-5-11-25-15;18-13-8-7-11(15(19)16(13)20)12(17(23)22-21)5-1-3-9-24-14-6-2-4-10-25-14/h8-9,13,15H,2-7,10-11H2,1H3;7-8,12,14H,1-6,9-10,21H2,(H,22,23). The molecule has 280 valence electrons. The molecule has 4 unspecified atom stereocenters. The Kier molecular flexibility index (Phi) is 18.0. The van der Waals surface area contributed by atoms with E-state index in [0.717, 1.165) is 62.8 Å². The lowest BCUT2D eigenvalue weighted by Gasteiger charge is -2.22. The number of hydrogen-bond donors (Lipinski definition) is 2. The Balaban J connectivity index is 0.000000270. The maximum Gasteiger partial charge on any atom is 0.313 e. The Bertz CT molecular complexity index is 1260. The number of amides is 1. The number of halogens is 6. The van der Waals surface area contributed by atoms with Crippen LogP contribution in [0.25, 0.3) is 0 Å². The van der Waals surface area contributed by atoms with Crippen LogP contribution in [0.15, 0.2) is 24.3 Å². The minimum Gasteiger partial charge on any atom is -0.469 e. The molecule has 0 saturated carbocycles. The molecule has 2 aliphatic heterocycles. The zero-order valence-corrected chi connectivity index (χ0v) is 28.1. The van der Waals surface area contributed by atoms with E-state index in [-0.39, 0.29) is 36.5 Å². The maximum atomic E-state index is 14.0. The van der Waals surface area contributed by atoms with Crippen molar-refractivity contribution in [3.63, 3.8) is 0 Å². The topological polar surface area (TPSA) is 118 Å². The molecule has 50 heavy (non-hydrogen) atoms. The van der Waals surface area contributed by atoms with Crippen LogP contribution < -0.4 is 11.3 Å². The smallest absolute Gasteiger partial charge is 0.313 e. The van der Waals surface area contributed by atoms with Gasteiger partial charge in [0.05, 0.1) is 18.9 Å². The third kappa shape index (κ3) is 12.5. The van der Waals surface area contributed by atoms with Gasteiger partial charge in [-0.25, -0.2) is 32.2 Å². The lowest BCUT2D eigenvalue weighted by Crippen LogP contribution is -2.35. The summed E-state index contributed by atoms with van der Waals surface area (Å²) in [6, 6.07) is 3.77. The number of hydrazine groups is 1. The van der Waals surface area contributed by atoms with E-state index in [1.165, 1.54) is 7.11 Å². The zero-order valence-electron chi connectivity index (χ0n) is 28.1. The van der Waals surface area contributed by atoms with Crippen molar-refractivity contribution in [3.05, 3.63) is 70.3 Å². The Morgan fingerprint density at radius 3 is 1.60 bits per heavy atom. The number of carbonyl (C=O) groups is 2. The van der Waals surface area contributed by atoms with E-state index in [9.17, 15) is 35.9 Å². The van der Waals surface area contributed by atoms with Gasteiger partial charge in [0.25, 0.3) is 0 Å². The van der Waals surface area contributed by atoms with Crippen molar-refractivity contribution in [2.24, 2.45) is 5.84 Å². The van der Waals surface area contributed by atoms with Gasteiger partial charge in [-0.1, -0.05) is 18.6 Å². The van der Waals surface area contributed by atoms with Gasteiger partial charge in [0.15, 0.2) is 47.5 Å². The average molecular weight is 721 g/mol. The second-order valence-corrected chi connectivity index (χ2v) is 12.0. The molecule has 4 atom stereocenters. The van der Waals surface area contributed by atoms with Crippen molar-refractivity contribution < 1.29 is 59.6 Å². The molecular weight excluding hydrogens is 674 g/mol. The molecule has 15 heteroatoms. The summed E-state index contributed by atoms with van der Waals surface area (Å²) in [6.45, 7) is 2.30. The number of carbonyl (C=O) groups excluding carboxylic acids is 2. The van der Waals surface area contributed by atoms with Gasteiger partial charge in [0.1, 0.15) is 0 Å². The highest BCUT2D eigenvalue weighted by Gasteiger charge is 2.28. The highest BCUT2D eigenvalue weighted by molar-refractivity contribution is 5.83. The van der Waals surface area contributed by atoms with E-state index < -0.39 is 58.6 Å². The van der Waals surface area contributed by atoms with Gasteiger partial charge >= 0.3 is 5.97 Å². The van der Waals surface area contributed by atoms with Crippen molar-refractivity contribution in [2.45, 2.75) is 101 Å². The van der Waals surface area contributed by atoms with Crippen molar-refractivity contribution in [2.75, 3.05) is 33.5 Å². The van der Waals surface area contributed by atoms with E-state index in [4.69, 9.17) is 24.8 Å². The number of nitrogens with one attached hydrogen (secondary N) is 1. The van der Waals surface area contributed by atoms with Gasteiger partial charge in [0.2, 0.25) is 5.91 Å². The number of ether oxygens (including phenoxy) is 5. The summed E-state index contributed by atoms with van der Waals surface area (Å²) in [5, 5.41) is 0. The van der Waals surface area contributed by atoms with Crippen LogP contribution in [0.2, 0.25) is 0 Å². The number of nitrogens with two attached hydrogens (primary N) is 1. The molecule has 2 aromatic rings. The summed E-state index contributed by atoms with van der Waals surface area (Å²) >= 11 is 0. The van der Waals surface area contributed by atoms with E-state index >= 15 is 0 Å². The predicted molar refractivity (Wildman–Crippen MR) is 169 cm³/mol. The summed E-state index contributed by atoms with van der Waals surface area (Å²) in [5.74, 6) is -6.64. The van der Waals surface area contributed by atoms with Crippen molar-refractivity contribution in [3.8, 4) is 0 Å². The molecule has 1 amide bonds. The van der Waals surface area contributed by atoms with Crippen molar-refractivity contribution in [1.29, 1.82) is 0 Å². The minimum atomic E-state index is -1.59. The van der Waals surface area contributed by atoms with Gasteiger partial charge in [-0.05, 0) is 82.8 Å². The van der Waals surface area contributed by atoms with Crippen LogP contribution in [0, 0.1) is 34.9 Å². The van der Waals surface area contributed by atoms with Crippen molar-refractivity contribution in [1.82, 2.24) is 5.43 Å². The Morgan fingerprint density at radius 1 is 0.720 bits per heavy atom. The normalized spacial score (nSPS) is 18.8. The molecule has 2 aromatic carbocycles. The van der Waals surface area contributed by atoms with Crippen LogP contribution in [0.1, 0.15) is 100 Å². The summed E-state index contributed by atoms with van der Waals surface area (Å²) < 4.78 is 108. The minimum absolute atomic E-state index is 0.186. The number of methoxy groups -OCH3 is 1. The Morgan fingerprint density at radius 2 is 1.18 bits per heavy atom. The van der Waals surface area contributed by atoms with Gasteiger partial charge in [0, 0.05) is 37.6 Å². The van der Waals surface area contributed by atoms with E-state index in [1.807, 2.05) is 5.43 Å². The SMILES string of the molecule is COC(=O)C(CCCCOC1CCCCO1)c1ccc(F)c(F)c1F.NNC(=O)C(CCCCOC1CCCCO1)c1ccc(F)c(F)c1F. The molecule has 0 bridgehead atoms. The van der Waals surface area contributed by atoms with Gasteiger partial charge in [-0.15, -0.1) is 0 Å². The Hall–Kier alpha value is -3.24. The molecule has 2 saturated heterocycles. The average Bonchev–Trinajstić information content (AvgIpc) is 3.14. The first-order chi connectivity index (χ1) is 24.1. The summed E-state index contributed by atoms with van der Waals surface area (Å²) in [4.78, 5) is 23.8. The second-order valence-electron chi connectivity index (χ2n) is 12.0. The maximum absolute atomic E-state index is 14.0. The number of unbranched alkanes of at least 4 members (excludes halogenated alkanes) is 2. The fourth-order valence-corrected chi connectivity index (χ4v) is 5.71. The molecule has 0 aliphatic carbocycles. The molecule has 9 nitrogen and oxygen atoms in total. The van der Waals surface area contributed by atoms with Crippen LogP contribution in [-0.4, -0.2) is 58.0 Å². The first-order valence-corrected chi connectivity index (χ1v) is 16.9. The van der Waals surface area contributed by atoms with Crippen molar-refractivity contribution >= 4 is 11.9 Å². The lowest BCUT2D eigenvalue weighted by atomic mass is 9.92. The van der Waals surface area contributed by atoms with Gasteiger partial charge < -0.3 is 23.7 Å². The van der Waals surface area contributed by atoms with E-state index in [1.54, 1.807) is 0 Å². The fourth-order valence-electron chi connectivity index (χ4n) is 5.71. The monoisotopic (exact) mass is 720 g/mol. The molecule has 2 fully saturated rings. The number of benzene rings is 2. The van der Waals surface area contributed by atoms with Crippen LogP contribution >= 0.6 is 0 Å². The lowest BCUT2D eigenvalue weighted by molar-refractivity contribution is -0.163. The Labute approximate surface area is 288 Å². The molecule has 2 aliphatic rings. The number of esters is 1. The first kappa shape index (κ1) is 41.2. The van der Waals surface area contributed by atoms with Gasteiger partial charge in [-0.3, -0.25) is 15.0 Å². The third-order valence-corrected chi connectivity index (χ3v) is 8.48. The first-order valence-electron chi connectivity index (χ1n) is 16.9. The van der Waals surface area contributed by atoms with E-state index in [0.29, 0.717) is 52.1 Å². The number of hydrogen-bond acceptors (Lipinski definition) is 8. The molecule has 0 aromatic heterocycles. The summed E-state index contributed by atoms with van der Waals surface area (Å²) in [5.41, 5.74) is 1.54. The molecule has 0 spiro atoms. The highest BCUT2D eigenvalue weighted by Crippen LogP contribution is 2.29. The van der Waals surface area contributed by atoms with Crippen LogP contribution in [-0.2, 0) is 33.3 Å². The second kappa shape index (κ2) is 21.9. The number of rotatable bonds is 16. The van der Waals surface area contributed by atoms with Crippen LogP contribution in [0.3, 0.4) is 0 Å². The quantitative estimate of drug-likeness (QED) is 0.0364. The third-order valence-electron chi connectivity index (χ3n) is 8.48.